The van der Waals surface area contributed by atoms with Crippen molar-refractivity contribution in [1.29, 1.82) is 0 Å². The average molecular weight is 375 g/mol. The Morgan fingerprint density at radius 2 is 1.77 bits per heavy atom. The Bertz CT molecular complexity index is 832. The van der Waals surface area contributed by atoms with E-state index in [1.165, 1.54) is 6.07 Å². The first-order chi connectivity index (χ1) is 12.5. The van der Waals surface area contributed by atoms with Gasteiger partial charge in [0.05, 0.1) is 5.02 Å². The van der Waals surface area contributed by atoms with Crippen molar-refractivity contribution in [3.05, 3.63) is 52.5 Å². The Hall–Kier alpha value is -2.73. The highest BCUT2D eigenvalue weighted by molar-refractivity contribution is 6.32. The number of hydrogen-bond donors (Lipinski definition) is 1. The second-order valence-electron chi connectivity index (χ2n) is 5.70. The van der Waals surface area contributed by atoms with Gasteiger partial charge in [0.1, 0.15) is 0 Å². The summed E-state index contributed by atoms with van der Waals surface area (Å²) in [5.74, 6) is 0.536. The number of ether oxygens (including phenoxy) is 2. The molecule has 0 bridgehead atoms. The van der Waals surface area contributed by atoms with Crippen molar-refractivity contribution in [1.82, 2.24) is 4.90 Å². The Balaban J connectivity index is 1.72. The molecule has 2 aromatic rings. The summed E-state index contributed by atoms with van der Waals surface area (Å²) in [5.41, 5.74) is 1.53. The van der Waals surface area contributed by atoms with Gasteiger partial charge in [-0.2, -0.15) is 0 Å². The normalized spacial score (nSPS) is 12.0. The van der Waals surface area contributed by atoms with Gasteiger partial charge in [0.25, 0.3) is 11.8 Å². The molecule has 2 aromatic carbocycles. The summed E-state index contributed by atoms with van der Waals surface area (Å²) in [6.07, 6.45) is 0. The molecule has 136 valence electrons. The van der Waals surface area contributed by atoms with E-state index in [9.17, 15) is 9.59 Å². The van der Waals surface area contributed by atoms with E-state index in [1.54, 1.807) is 35.2 Å². The van der Waals surface area contributed by atoms with Crippen LogP contribution in [-0.2, 0) is 0 Å². The van der Waals surface area contributed by atoms with Crippen LogP contribution in [0.1, 0.15) is 34.6 Å². The molecule has 2 amide bonds. The minimum atomic E-state index is -0.326. The van der Waals surface area contributed by atoms with E-state index < -0.39 is 0 Å². The standard InChI is InChI=1S/C19H19ClN2O4/c1-3-22(4-2)19(24)12-5-7-14(8-6-12)21-18(23)13-9-15(20)17-16(10-13)25-11-26-17/h5-10H,3-4,11H2,1-2H3,(H,21,23). The number of benzene rings is 2. The van der Waals surface area contributed by atoms with Crippen molar-refractivity contribution >= 4 is 29.1 Å². The molecule has 0 radical (unpaired) electrons. The van der Waals surface area contributed by atoms with E-state index in [2.05, 4.69) is 5.32 Å². The smallest absolute Gasteiger partial charge is 0.255 e. The molecule has 6 nitrogen and oxygen atoms in total. The van der Waals surface area contributed by atoms with Crippen LogP contribution < -0.4 is 14.8 Å². The maximum absolute atomic E-state index is 12.4. The lowest BCUT2D eigenvalue weighted by atomic mass is 10.1. The van der Waals surface area contributed by atoms with Gasteiger partial charge in [0, 0.05) is 29.9 Å². The molecule has 0 unspecified atom stereocenters. The van der Waals surface area contributed by atoms with E-state index in [4.69, 9.17) is 21.1 Å². The summed E-state index contributed by atoms with van der Waals surface area (Å²) in [5, 5.41) is 3.11. The molecule has 26 heavy (non-hydrogen) atoms. The van der Waals surface area contributed by atoms with Crippen molar-refractivity contribution < 1.29 is 19.1 Å². The summed E-state index contributed by atoms with van der Waals surface area (Å²) < 4.78 is 10.5. The Morgan fingerprint density at radius 1 is 1.08 bits per heavy atom. The molecule has 1 aliphatic rings. The predicted octanol–water partition coefficient (Wildman–Crippen LogP) is 3.80. The zero-order valence-corrected chi connectivity index (χ0v) is 15.3. The van der Waals surface area contributed by atoms with Gasteiger partial charge in [0.15, 0.2) is 11.5 Å². The Morgan fingerprint density at radius 3 is 2.42 bits per heavy atom. The zero-order valence-electron chi connectivity index (χ0n) is 14.5. The fraction of sp³-hybridized carbons (Fsp3) is 0.263. The van der Waals surface area contributed by atoms with Crippen LogP contribution in [0.5, 0.6) is 11.5 Å². The van der Waals surface area contributed by atoms with E-state index in [0.717, 1.165) is 0 Å². The maximum Gasteiger partial charge on any atom is 0.255 e. The third-order valence-corrected chi connectivity index (χ3v) is 4.41. The van der Waals surface area contributed by atoms with Gasteiger partial charge in [0.2, 0.25) is 6.79 Å². The number of hydrogen-bond acceptors (Lipinski definition) is 4. The van der Waals surface area contributed by atoms with Crippen LogP contribution in [0.15, 0.2) is 36.4 Å². The third kappa shape index (κ3) is 3.60. The number of nitrogens with one attached hydrogen (secondary N) is 1. The monoisotopic (exact) mass is 374 g/mol. The third-order valence-electron chi connectivity index (χ3n) is 4.13. The lowest BCUT2D eigenvalue weighted by Crippen LogP contribution is -2.30. The molecule has 1 N–H and O–H groups in total. The van der Waals surface area contributed by atoms with Crippen LogP contribution in [0.2, 0.25) is 5.02 Å². The molecule has 0 aliphatic carbocycles. The molecule has 0 aromatic heterocycles. The lowest BCUT2D eigenvalue weighted by Gasteiger charge is -2.18. The van der Waals surface area contributed by atoms with Gasteiger partial charge in [-0.05, 0) is 50.2 Å². The SMILES string of the molecule is CCN(CC)C(=O)c1ccc(NC(=O)c2cc(Cl)c3c(c2)OCO3)cc1. The molecule has 1 heterocycles. The Kier molecular flexibility index (Phi) is 5.32. The van der Waals surface area contributed by atoms with Crippen LogP contribution in [0, 0.1) is 0 Å². The highest BCUT2D eigenvalue weighted by Gasteiger charge is 2.21. The Labute approximate surface area is 156 Å². The van der Waals surface area contributed by atoms with Crippen molar-refractivity contribution in [2.45, 2.75) is 13.8 Å². The topological polar surface area (TPSA) is 67.9 Å². The van der Waals surface area contributed by atoms with Crippen molar-refractivity contribution in [2.24, 2.45) is 0 Å². The fourth-order valence-corrected chi connectivity index (χ4v) is 2.96. The molecule has 0 atom stereocenters. The summed E-state index contributed by atoms with van der Waals surface area (Å²) in [6, 6.07) is 9.91. The molecular weight excluding hydrogens is 356 g/mol. The van der Waals surface area contributed by atoms with Gasteiger partial charge in [-0.25, -0.2) is 0 Å². The van der Waals surface area contributed by atoms with E-state index in [0.29, 0.717) is 46.4 Å². The van der Waals surface area contributed by atoms with Gasteiger partial charge < -0.3 is 19.7 Å². The summed E-state index contributed by atoms with van der Waals surface area (Å²) in [4.78, 5) is 26.5. The van der Waals surface area contributed by atoms with Crippen LogP contribution in [-0.4, -0.2) is 36.6 Å². The van der Waals surface area contributed by atoms with Gasteiger partial charge >= 0.3 is 0 Å². The van der Waals surface area contributed by atoms with Crippen molar-refractivity contribution in [3.63, 3.8) is 0 Å². The van der Waals surface area contributed by atoms with Crippen molar-refractivity contribution in [3.8, 4) is 11.5 Å². The van der Waals surface area contributed by atoms with Gasteiger partial charge in [-0.15, -0.1) is 0 Å². The van der Waals surface area contributed by atoms with E-state index in [-0.39, 0.29) is 18.6 Å². The average Bonchev–Trinajstić information content (AvgIpc) is 3.12. The van der Waals surface area contributed by atoms with Crippen LogP contribution in [0.25, 0.3) is 0 Å². The lowest BCUT2D eigenvalue weighted by molar-refractivity contribution is 0.0773. The van der Waals surface area contributed by atoms with E-state index >= 15 is 0 Å². The summed E-state index contributed by atoms with van der Waals surface area (Å²) in [7, 11) is 0. The number of fused-ring (bicyclic) bond motifs is 1. The fourth-order valence-electron chi connectivity index (χ4n) is 2.69. The zero-order chi connectivity index (χ0) is 18.7. The largest absolute Gasteiger partial charge is 0.454 e. The molecule has 1 aliphatic heterocycles. The van der Waals surface area contributed by atoms with Crippen LogP contribution >= 0.6 is 11.6 Å². The highest BCUT2D eigenvalue weighted by atomic mass is 35.5. The molecule has 0 fully saturated rings. The second-order valence-corrected chi connectivity index (χ2v) is 6.11. The quantitative estimate of drug-likeness (QED) is 0.864. The minimum absolute atomic E-state index is 0.0320. The second kappa shape index (κ2) is 7.66. The molecular formula is C19H19ClN2O4. The molecule has 0 saturated heterocycles. The first-order valence-electron chi connectivity index (χ1n) is 8.33. The molecule has 0 spiro atoms. The first-order valence-corrected chi connectivity index (χ1v) is 8.71. The number of nitrogens with zero attached hydrogens (tertiary/aromatic N) is 1. The highest BCUT2D eigenvalue weighted by Crippen LogP contribution is 2.39. The van der Waals surface area contributed by atoms with Gasteiger partial charge in [-0.3, -0.25) is 9.59 Å². The number of rotatable bonds is 5. The number of halogens is 1. The number of anilines is 1. The molecule has 3 rings (SSSR count). The number of carbonyl (C=O) groups is 2. The predicted molar refractivity (Wildman–Crippen MR) is 99.2 cm³/mol. The van der Waals surface area contributed by atoms with Crippen LogP contribution in [0.4, 0.5) is 5.69 Å². The molecule has 7 heteroatoms. The minimum Gasteiger partial charge on any atom is -0.454 e. The van der Waals surface area contributed by atoms with Gasteiger partial charge in [-0.1, -0.05) is 11.6 Å². The van der Waals surface area contributed by atoms with Crippen LogP contribution in [0.3, 0.4) is 0 Å². The molecule has 0 saturated carbocycles. The maximum atomic E-state index is 12.4. The summed E-state index contributed by atoms with van der Waals surface area (Å²) in [6.45, 7) is 5.26. The first kappa shape index (κ1) is 18.1. The van der Waals surface area contributed by atoms with E-state index in [1.807, 2.05) is 13.8 Å². The summed E-state index contributed by atoms with van der Waals surface area (Å²) >= 11 is 6.11. The number of carbonyl (C=O) groups excluding carboxylic acids is 2. The van der Waals surface area contributed by atoms with Crippen molar-refractivity contribution in [2.75, 3.05) is 25.2 Å². The number of amides is 2.